The van der Waals surface area contributed by atoms with Crippen LogP contribution in [-0.4, -0.2) is 30.0 Å². The van der Waals surface area contributed by atoms with Crippen LogP contribution in [0.3, 0.4) is 0 Å². The van der Waals surface area contributed by atoms with E-state index in [9.17, 15) is 8.42 Å². The lowest BCUT2D eigenvalue weighted by molar-refractivity contribution is 0.577. The van der Waals surface area contributed by atoms with Crippen LogP contribution in [0, 0.1) is 0 Å². The van der Waals surface area contributed by atoms with Crippen LogP contribution in [0.1, 0.15) is 25.8 Å². The number of sulfone groups is 1. The zero-order valence-electron chi connectivity index (χ0n) is 9.76. The summed E-state index contributed by atoms with van der Waals surface area (Å²) in [7, 11) is -3.10. The van der Waals surface area contributed by atoms with Crippen molar-refractivity contribution in [2.45, 2.75) is 37.8 Å². The Balaban J connectivity index is 2.72. The fourth-order valence-electron chi connectivity index (χ4n) is 1.44. The number of nitrogens with zero attached hydrogens (tertiary/aromatic N) is 2. The largest absolute Gasteiger partial charge is 0.330 e. The van der Waals surface area contributed by atoms with Crippen LogP contribution >= 0.6 is 0 Å². The van der Waals surface area contributed by atoms with Crippen molar-refractivity contribution in [2.24, 2.45) is 5.73 Å². The van der Waals surface area contributed by atoms with Gasteiger partial charge in [0.2, 0.25) is 0 Å². The molecule has 16 heavy (non-hydrogen) atoms. The van der Waals surface area contributed by atoms with Gasteiger partial charge in [0.1, 0.15) is 0 Å². The molecule has 0 aliphatic heterocycles. The van der Waals surface area contributed by atoms with Gasteiger partial charge in [-0.15, -0.1) is 0 Å². The van der Waals surface area contributed by atoms with E-state index in [1.807, 2.05) is 6.92 Å². The maximum Gasteiger partial charge on any atom is 0.157 e. The van der Waals surface area contributed by atoms with E-state index in [0.717, 1.165) is 12.1 Å². The van der Waals surface area contributed by atoms with E-state index in [0.29, 0.717) is 13.0 Å². The first-order valence-corrected chi connectivity index (χ1v) is 7.14. The third-order valence-corrected chi connectivity index (χ3v) is 4.76. The number of hydrogen-bond acceptors (Lipinski definition) is 4. The molecule has 1 rings (SSSR count). The first-order chi connectivity index (χ1) is 7.49. The number of aromatic nitrogens is 2. The van der Waals surface area contributed by atoms with Gasteiger partial charge in [-0.25, -0.2) is 8.42 Å². The first kappa shape index (κ1) is 13.2. The average Bonchev–Trinajstić information content (AvgIpc) is 2.65. The Labute approximate surface area is 96.6 Å². The summed E-state index contributed by atoms with van der Waals surface area (Å²) in [4.78, 5) is 0. The number of rotatable bonds is 6. The van der Waals surface area contributed by atoms with Gasteiger partial charge in [-0.3, -0.25) is 4.68 Å². The molecule has 0 bridgehead atoms. The molecule has 1 unspecified atom stereocenters. The average molecular weight is 245 g/mol. The molecule has 5 nitrogen and oxygen atoms in total. The number of nitrogens with two attached hydrogens (primary N) is 1. The topological polar surface area (TPSA) is 78.0 Å². The van der Waals surface area contributed by atoms with Gasteiger partial charge in [-0.2, -0.15) is 5.10 Å². The minimum Gasteiger partial charge on any atom is -0.330 e. The lowest BCUT2D eigenvalue weighted by Gasteiger charge is -2.10. The normalized spacial score (nSPS) is 13.9. The molecule has 0 saturated carbocycles. The molecular formula is C10H19N3O2S. The minimum atomic E-state index is -3.10. The van der Waals surface area contributed by atoms with Gasteiger partial charge in [-0.1, -0.05) is 0 Å². The lowest BCUT2D eigenvalue weighted by Crippen LogP contribution is -2.22. The smallest absolute Gasteiger partial charge is 0.157 e. The maximum atomic E-state index is 11.9. The molecule has 1 heterocycles. The van der Waals surface area contributed by atoms with E-state index in [1.54, 1.807) is 24.0 Å². The predicted molar refractivity (Wildman–Crippen MR) is 63.7 cm³/mol. The Bertz CT molecular complexity index is 425. The second kappa shape index (κ2) is 5.45. The van der Waals surface area contributed by atoms with Crippen LogP contribution < -0.4 is 5.73 Å². The van der Waals surface area contributed by atoms with Gasteiger partial charge in [0.15, 0.2) is 9.84 Å². The van der Waals surface area contributed by atoms with Gasteiger partial charge in [0.05, 0.1) is 17.2 Å². The van der Waals surface area contributed by atoms with Crippen LogP contribution in [0.25, 0.3) is 0 Å². The molecule has 0 spiro atoms. The molecule has 0 aliphatic carbocycles. The van der Waals surface area contributed by atoms with Crippen LogP contribution in [-0.2, 0) is 22.1 Å². The molecule has 1 atom stereocenters. The highest BCUT2D eigenvalue weighted by Gasteiger charge is 2.21. The van der Waals surface area contributed by atoms with E-state index < -0.39 is 9.84 Å². The van der Waals surface area contributed by atoms with Crippen LogP contribution in [0.15, 0.2) is 12.4 Å². The summed E-state index contributed by atoms with van der Waals surface area (Å²) in [6.07, 6.45) is 3.88. The minimum absolute atomic E-state index is 0.0498. The van der Waals surface area contributed by atoms with E-state index in [1.165, 1.54) is 0 Å². The van der Waals surface area contributed by atoms with Gasteiger partial charge in [0.25, 0.3) is 0 Å². The van der Waals surface area contributed by atoms with E-state index in [-0.39, 0.29) is 11.0 Å². The standard InChI is InChI=1S/C10H19N3O2S/c1-3-13-7-10(6-12-13)8-16(14,15)9(2)4-5-11/h6-7,9H,3-5,8,11H2,1-2H3. The van der Waals surface area contributed by atoms with Crippen molar-refractivity contribution in [1.82, 2.24) is 9.78 Å². The first-order valence-electron chi connectivity index (χ1n) is 5.42. The van der Waals surface area contributed by atoms with Crippen molar-refractivity contribution < 1.29 is 8.42 Å². The fourth-order valence-corrected chi connectivity index (χ4v) is 2.84. The van der Waals surface area contributed by atoms with Crippen LogP contribution in [0.5, 0.6) is 0 Å². The molecule has 0 aliphatic rings. The second-order valence-electron chi connectivity index (χ2n) is 3.90. The third-order valence-electron chi connectivity index (χ3n) is 2.56. The van der Waals surface area contributed by atoms with Crippen molar-refractivity contribution >= 4 is 9.84 Å². The SMILES string of the molecule is CCn1cc(CS(=O)(=O)C(C)CCN)cn1. The fraction of sp³-hybridized carbons (Fsp3) is 0.700. The van der Waals surface area contributed by atoms with Crippen molar-refractivity contribution in [3.05, 3.63) is 18.0 Å². The maximum absolute atomic E-state index is 11.9. The Morgan fingerprint density at radius 3 is 2.75 bits per heavy atom. The third kappa shape index (κ3) is 3.31. The van der Waals surface area contributed by atoms with Crippen LogP contribution in [0.2, 0.25) is 0 Å². The van der Waals surface area contributed by atoms with Gasteiger partial charge in [0, 0.05) is 18.3 Å². The van der Waals surface area contributed by atoms with Gasteiger partial charge < -0.3 is 5.73 Å². The second-order valence-corrected chi connectivity index (χ2v) is 6.32. The van der Waals surface area contributed by atoms with Gasteiger partial charge >= 0.3 is 0 Å². The Morgan fingerprint density at radius 1 is 1.56 bits per heavy atom. The number of hydrogen-bond donors (Lipinski definition) is 1. The van der Waals surface area contributed by atoms with Crippen molar-refractivity contribution in [3.8, 4) is 0 Å². The lowest BCUT2D eigenvalue weighted by atomic mass is 10.3. The monoisotopic (exact) mass is 245 g/mol. The van der Waals surface area contributed by atoms with Crippen molar-refractivity contribution in [2.75, 3.05) is 6.54 Å². The molecule has 92 valence electrons. The molecule has 0 fully saturated rings. The molecule has 1 aromatic heterocycles. The van der Waals surface area contributed by atoms with E-state index >= 15 is 0 Å². The molecule has 1 aromatic rings. The summed E-state index contributed by atoms with van der Waals surface area (Å²) in [5, 5.41) is 3.67. The van der Waals surface area contributed by atoms with E-state index in [2.05, 4.69) is 5.10 Å². The molecule has 0 radical (unpaired) electrons. The summed E-state index contributed by atoms with van der Waals surface area (Å²) in [5.41, 5.74) is 6.11. The zero-order valence-corrected chi connectivity index (χ0v) is 10.6. The Hall–Kier alpha value is -0.880. The summed E-state index contributed by atoms with van der Waals surface area (Å²) in [5.74, 6) is 0.0498. The zero-order chi connectivity index (χ0) is 12.2. The van der Waals surface area contributed by atoms with Crippen LogP contribution in [0.4, 0.5) is 0 Å². The Morgan fingerprint density at radius 2 is 2.25 bits per heavy atom. The highest BCUT2D eigenvalue weighted by atomic mass is 32.2. The number of aryl methyl sites for hydroxylation is 1. The molecule has 6 heteroatoms. The van der Waals surface area contributed by atoms with E-state index in [4.69, 9.17) is 5.73 Å². The summed E-state index contributed by atoms with van der Waals surface area (Å²) >= 11 is 0. The predicted octanol–water partition coefficient (Wildman–Crippen LogP) is 0.555. The Kier molecular flexibility index (Phi) is 4.49. The molecule has 0 aromatic carbocycles. The van der Waals surface area contributed by atoms with Crippen molar-refractivity contribution in [3.63, 3.8) is 0 Å². The van der Waals surface area contributed by atoms with Gasteiger partial charge in [-0.05, 0) is 26.8 Å². The summed E-state index contributed by atoms with van der Waals surface area (Å²) < 4.78 is 25.5. The highest BCUT2D eigenvalue weighted by Crippen LogP contribution is 2.12. The summed E-state index contributed by atoms with van der Waals surface area (Å²) in [6, 6.07) is 0. The quantitative estimate of drug-likeness (QED) is 0.794. The molecule has 2 N–H and O–H groups in total. The molecular weight excluding hydrogens is 226 g/mol. The summed E-state index contributed by atoms with van der Waals surface area (Å²) in [6.45, 7) is 4.81. The molecule has 0 saturated heterocycles. The highest BCUT2D eigenvalue weighted by molar-refractivity contribution is 7.91. The molecule has 0 amide bonds. The van der Waals surface area contributed by atoms with Crippen molar-refractivity contribution in [1.29, 1.82) is 0 Å².